The second kappa shape index (κ2) is 5.89. The molecule has 2 rings (SSSR count). The van der Waals surface area contributed by atoms with Gasteiger partial charge in [-0.2, -0.15) is 0 Å². The van der Waals surface area contributed by atoms with Gasteiger partial charge in [0.1, 0.15) is 9.84 Å². The summed E-state index contributed by atoms with van der Waals surface area (Å²) in [5, 5.41) is 2.89. The Bertz CT molecular complexity index is 525. The van der Waals surface area contributed by atoms with Gasteiger partial charge in [-0.15, -0.1) is 11.3 Å². The monoisotopic (exact) mass is 302 g/mol. The van der Waals surface area contributed by atoms with Gasteiger partial charge in [-0.3, -0.25) is 0 Å². The van der Waals surface area contributed by atoms with Crippen LogP contribution in [0, 0.1) is 12.8 Å². The first-order valence-corrected chi connectivity index (χ1v) is 9.55. The van der Waals surface area contributed by atoms with E-state index in [0.717, 1.165) is 36.4 Å². The lowest BCUT2D eigenvalue weighted by molar-refractivity contribution is 0.304. The van der Waals surface area contributed by atoms with Gasteiger partial charge in [-0.25, -0.2) is 13.4 Å². The molecule has 0 saturated heterocycles. The predicted octanol–water partition coefficient (Wildman–Crippen LogP) is 1.92. The van der Waals surface area contributed by atoms with Crippen molar-refractivity contribution in [2.45, 2.75) is 50.3 Å². The van der Waals surface area contributed by atoms with Crippen LogP contribution in [-0.4, -0.2) is 30.9 Å². The van der Waals surface area contributed by atoms with Crippen LogP contribution in [0.15, 0.2) is 5.38 Å². The zero-order chi connectivity index (χ0) is 14.0. The molecule has 1 aliphatic rings. The summed E-state index contributed by atoms with van der Waals surface area (Å²) in [6, 6.07) is 0.0232. The van der Waals surface area contributed by atoms with Crippen LogP contribution in [0.5, 0.6) is 0 Å². The second-order valence-electron chi connectivity index (χ2n) is 5.63. The second-order valence-corrected chi connectivity index (χ2v) is 8.90. The molecule has 1 aromatic heterocycles. The standard InChI is InChI=1S/C13H22N2O2S2/c1-9-8-18-13(15-9)7-12(14)10-4-3-5-11(6-10)19(2,16)17/h8,10-12H,3-7,14H2,1-2H3. The quantitative estimate of drug-likeness (QED) is 0.922. The molecule has 0 amide bonds. The van der Waals surface area contributed by atoms with Crippen molar-refractivity contribution in [2.75, 3.05) is 6.26 Å². The molecule has 1 saturated carbocycles. The van der Waals surface area contributed by atoms with E-state index >= 15 is 0 Å². The van der Waals surface area contributed by atoms with Crippen LogP contribution in [0.4, 0.5) is 0 Å². The van der Waals surface area contributed by atoms with Crippen LogP contribution in [0.1, 0.15) is 36.4 Å². The molecule has 1 fully saturated rings. The van der Waals surface area contributed by atoms with Crippen molar-refractivity contribution in [1.82, 2.24) is 4.98 Å². The van der Waals surface area contributed by atoms with Gasteiger partial charge in [0.15, 0.2) is 0 Å². The minimum Gasteiger partial charge on any atom is -0.327 e. The van der Waals surface area contributed by atoms with Gasteiger partial charge in [0, 0.05) is 29.8 Å². The van der Waals surface area contributed by atoms with Crippen molar-refractivity contribution in [2.24, 2.45) is 11.7 Å². The number of aromatic nitrogens is 1. The van der Waals surface area contributed by atoms with Gasteiger partial charge in [0.05, 0.1) is 10.3 Å². The summed E-state index contributed by atoms with van der Waals surface area (Å²) in [5.74, 6) is 0.303. The maximum absolute atomic E-state index is 11.7. The van der Waals surface area contributed by atoms with Gasteiger partial charge in [0.25, 0.3) is 0 Å². The Morgan fingerprint density at radius 2 is 2.26 bits per heavy atom. The lowest BCUT2D eigenvalue weighted by Crippen LogP contribution is -2.38. The number of hydrogen-bond donors (Lipinski definition) is 1. The molecule has 1 aromatic rings. The van der Waals surface area contributed by atoms with Crippen LogP contribution < -0.4 is 5.73 Å². The molecule has 0 radical (unpaired) electrons. The van der Waals surface area contributed by atoms with Crippen LogP contribution in [0.25, 0.3) is 0 Å². The van der Waals surface area contributed by atoms with E-state index in [1.165, 1.54) is 6.26 Å². The van der Waals surface area contributed by atoms with Gasteiger partial charge >= 0.3 is 0 Å². The zero-order valence-corrected chi connectivity index (χ0v) is 13.1. The van der Waals surface area contributed by atoms with Gasteiger partial charge in [-0.1, -0.05) is 6.42 Å². The van der Waals surface area contributed by atoms with Crippen molar-refractivity contribution < 1.29 is 8.42 Å². The number of thiazole rings is 1. The van der Waals surface area contributed by atoms with E-state index in [-0.39, 0.29) is 11.3 Å². The minimum atomic E-state index is -2.93. The van der Waals surface area contributed by atoms with E-state index in [0.29, 0.717) is 12.3 Å². The van der Waals surface area contributed by atoms with Crippen LogP contribution in [0.2, 0.25) is 0 Å². The Balaban J connectivity index is 1.97. The highest BCUT2D eigenvalue weighted by atomic mass is 32.2. The molecular weight excluding hydrogens is 280 g/mol. The SMILES string of the molecule is Cc1csc(CC(N)C2CCCC(S(C)(=O)=O)C2)n1. The average molecular weight is 302 g/mol. The molecule has 6 heteroatoms. The lowest BCUT2D eigenvalue weighted by atomic mass is 9.83. The first-order chi connectivity index (χ1) is 8.86. The third kappa shape index (κ3) is 4.00. The number of nitrogens with two attached hydrogens (primary N) is 1. The largest absolute Gasteiger partial charge is 0.327 e. The van der Waals surface area contributed by atoms with Gasteiger partial charge in [0.2, 0.25) is 0 Å². The first kappa shape index (κ1) is 14.9. The topological polar surface area (TPSA) is 73.1 Å². The van der Waals surface area contributed by atoms with E-state index in [4.69, 9.17) is 5.73 Å². The Hall–Kier alpha value is -0.460. The van der Waals surface area contributed by atoms with Crippen molar-refractivity contribution in [1.29, 1.82) is 0 Å². The Morgan fingerprint density at radius 1 is 1.53 bits per heavy atom. The van der Waals surface area contributed by atoms with E-state index in [1.807, 2.05) is 12.3 Å². The first-order valence-electron chi connectivity index (χ1n) is 6.71. The normalized spacial score (nSPS) is 26.3. The summed E-state index contributed by atoms with van der Waals surface area (Å²) in [4.78, 5) is 4.43. The Labute approximate surface area is 119 Å². The summed E-state index contributed by atoms with van der Waals surface area (Å²) in [6.45, 7) is 1.98. The Kier molecular flexibility index (Phi) is 4.63. The van der Waals surface area contributed by atoms with E-state index in [9.17, 15) is 8.42 Å². The lowest BCUT2D eigenvalue weighted by Gasteiger charge is -2.31. The van der Waals surface area contributed by atoms with Crippen molar-refractivity contribution in [3.8, 4) is 0 Å². The van der Waals surface area contributed by atoms with Crippen LogP contribution >= 0.6 is 11.3 Å². The highest BCUT2D eigenvalue weighted by Crippen LogP contribution is 2.31. The molecule has 19 heavy (non-hydrogen) atoms. The molecule has 108 valence electrons. The summed E-state index contributed by atoms with van der Waals surface area (Å²) >= 11 is 1.64. The molecule has 3 unspecified atom stereocenters. The van der Waals surface area contributed by atoms with E-state index < -0.39 is 9.84 Å². The molecule has 0 spiro atoms. The number of aryl methyl sites for hydroxylation is 1. The molecule has 3 atom stereocenters. The average Bonchev–Trinajstić information content (AvgIpc) is 2.74. The predicted molar refractivity (Wildman–Crippen MR) is 79.1 cm³/mol. The summed E-state index contributed by atoms with van der Waals surface area (Å²) in [6.07, 6.45) is 5.61. The number of sulfone groups is 1. The fourth-order valence-electron chi connectivity index (χ4n) is 2.82. The molecule has 4 nitrogen and oxygen atoms in total. The zero-order valence-electron chi connectivity index (χ0n) is 11.5. The highest BCUT2D eigenvalue weighted by molar-refractivity contribution is 7.91. The molecule has 0 aromatic carbocycles. The highest BCUT2D eigenvalue weighted by Gasteiger charge is 2.31. The van der Waals surface area contributed by atoms with Gasteiger partial charge in [-0.05, 0) is 32.1 Å². The maximum atomic E-state index is 11.7. The minimum absolute atomic E-state index is 0.0232. The third-order valence-electron chi connectivity index (χ3n) is 3.95. The smallest absolute Gasteiger partial charge is 0.150 e. The summed E-state index contributed by atoms with van der Waals surface area (Å²) in [5.41, 5.74) is 7.30. The fraction of sp³-hybridized carbons (Fsp3) is 0.769. The molecule has 1 heterocycles. The summed E-state index contributed by atoms with van der Waals surface area (Å²) < 4.78 is 23.3. The van der Waals surface area contributed by atoms with Crippen LogP contribution in [0.3, 0.4) is 0 Å². The van der Waals surface area contributed by atoms with Crippen molar-refractivity contribution >= 4 is 21.2 Å². The number of rotatable bonds is 4. The molecule has 0 bridgehead atoms. The van der Waals surface area contributed by atoms with Crippen molar-refractivity contribution in [3.05, 3.63) is 16.1 Å². The van der Waals surface area contributed by atoms with E-state index in [2.05, 4.69) is 4.98 Å². The Morgan fingerprint density at radius 3 is 2.84 bits per heavy atom. The number of hydrogen-bond acceptors (Lipinski definition) is 5. The summed E-state index contributed by atoms with van der Waals surface area (Å²) in [7, 11) is -2.93. The molecule has 2 N–H and O–H groups in total. The fourth-order valence-corrected chi connectivity index (χ4v) is 4.86. The van der Waals surface area contributed by atoms with Gasteiger partial charge < -0.3 is 5.73 Å². The number of nitrogens with zero attached hydrogens (tertiary/aromatic N) is 1. The molecule has 0 aliphatic heterocycles. The molecule has 1 aliphatic carbocycles. The van der Waals surface area contributed by atoms with Crippen molar-refractivity contribution in [3.63, 3.8) is 0 Å². The maximum Gasteiger partial charge on any atom is 0.150 e. The van der Waals surface area contributed by atoms with Crippen LogP contribution in [-0.2, 0) is 16.3 Å². The molecular formula is C13H22N2O2S2. The van der Waals surface area contributed by atoms with E-state index in [1.54, 1.807) is 11.3 Å². The third-order valence-corrected chi connectivity index (χ3v) is 6.58.